The molecule has 5 heteroatoms. The molecule has 1 aliphatic rings. The topological polar surface area (TPSA) is 52.8 Å². The molecule has 28 heavy (non-hydrogen) atoms. The maximum absolute atomic E-state index is 5.86. The van der Waals surface area contributed by atoms with Gasteiger partial charge < -0.3 is 4.74 Å². The third-order valence-electron chi connectivity index (χ3n) is 5.35. The van der Waals surface area contributed by atoms with Gasteiger partial charge in [-0.1, -0.05) is 42.0 Å². The predicted octanol–water partition coefficient (Wildman–Crippen LogP) is 4.84. The van der Waals surface area contributed by atoms with Crippen molar-refractivity contribution in [2.75, 3.05) is 0 Å². The Morgan fingerprint density at radius 2 is 1.57 bits per heavy atom. The molecule has 0 saturated heterocycles. The van der Waals surface area contributed by atoms with Crippen LogP contribution >= 0.6 is 0 Å². The highest BCUT2D eigenvalue weighted by Gasteiger charge is 2.45. The van der Waals surface area contributed by atoms with Crippen molar-refractivity contribution in [1.29, 1.82) is 0 Å². The monoisotopic (exact) mass is 368 g/mol. The Morgan fingerprint density at radius 3 is 2.14 bits per heavy atom. The lowest BCUT2D eigenvalue weighted by Gasteiger charge is -2.17. The molecule has 1 fully saturated rings. The quantitative estimate of drug-likeness (QED) is 0.506. The van der Waals surface area contributed by atoms with Gasteiger partial charge in [-0.3, -0.25) is 0 Å². The maximum Gasteiger partial charge on any atom is 0.238 e. The largest absolute Gasteiger partial charge is 0.438 e. The Balaban J connectivity index is 1.32. The van der Waals surface area contributed by atoms with Gasteiger partial charge in [-0.25, -0.2) is 4.68 Å². The van der Waals surface area contributed by atoms with E-state index >= 15 is 0 Å². The van der Waals surface area contributed by atoms with Crippen LogP contribution in [-0.2, 0) is 5.41 Å². The van der Waals surface area contributed by atoms with Gasteiger partial charge in [-0.2, -0.15) is 5.10 Å². The average Bonchev–Trinajstić information content (AvgIpc) is 3.35. The van der Waals surface area contributed by atoms with Crippen molar-refractivity contribution in [3.63, 3.8) is 0 Å². The Kier molecular flexibility index (Phi) is 3.93. The van der Waals surface area contributed by atoms with Crippen molar-refractivity contribution in [3.8, 4) is 17.4 Å². The van der Waals surface area contributed by atoms with Crippen LogP contribution in [0, 0.1) is 6.92 Å². The highest BCUT2D eigenvalue weighted by molar-refractivity contribution is 5.47. The first kappa shape index (κ1) is 16.7. The van der Waals surface area contributed by atoms with Crippen molar-refractivity contribution in [2.45, 2.75) is 25.2 Å². The Hall–Kier alpha value is -3.47. The van der Waals surface area contributed by atoms with Gasteiger partial charge in [0, 0.05) is 23.9 Å². The fraction of sp³-hybridized carbons (Fsp3) is 0.174. The first-order chi connectivity index (χ1) is 13.7. The van der Waals surface area contributed by atoms with Gasteiger partial charge in [0.05, 0.1) is 0 Å². The Morgan fingerprint density at radius 1 is 0.857 bits per heavy atom. The van der Waals surface area contributed by atoms with E-state index < -0.39 is 0 Å². The van der Waals surface area contributed by atoms with Gasteiger partial charge in [-0.15, -0.1) is 10.2 Å². The zero-order valence-electron chi connectivity index (χ0n) is 15.6. The molecule has 0 N–H and O–H groups in total. The third kappa shape index (κ3) is 3.05. The van der Waals surface area contributed by atoms with Gasteiger partial charge in [0.15, 0.2) is 5.82 Å². The molecule has 2 aromatic heterocycles. The van der Waals surface area contributed by atoms with Crippen molar-refractivity contribution < 1.29 is 4.74 Å². The standard InChI is InChI=1S/C23H20N4O/c1-17-3-5-18(6-4-17)23(13-14-23)19-7-9-20(10-8-19)28-22-12-11-21(25-26-22)27-16-2-15-24-27/h2-12,15-16H,13-14H2,1H3. The van der Waals surface area contributed by atoms with E-state index in [-0.39, 0.29) is 5.41 Å². The van der Waals surface area contributed by atoms with Crippen LogP contribution < -0.4 is 4.74 Å². The Bertz CT molecular complexity index is 1070. The van der Waals surface area contributed by atoms with Crippen molar-refractivity contribution >= 4 is 0 Å². The smallest absolute Gasteiger partial charge is 0.238 e. The van der Waals surface area contributed by atoms with Crippen LogP contribution in [0.15, 0.2) is 79.1 Å². The number of benzene rings is 2. The SMILES string of the molecule is Cc1ccc(C2(c3ccc(Oc4ccc(-n5cccn5)nn4)cc3)CC2)cc1. The molecule has 0 amide bonds. The minimum Gasteiger partial charge on any atom is -0.438 e. The summed E-state index contributed by atoms with van der Waals surface area (Å²) in [6.07, 6.45) is 5.91. The van der Waals surface area contributed by atoms with Crippen LogP contribution in [0.5, 0.6) is 11.6 Å². The van der Waals surface area contributed by atoms with Gasteiger partial charge in [-0.05, 0) is 55.2 Å². The second-order valence-electron chi connectivity index (χ2n) is 7.25. The summed E-state index contributed by atoms with van der Waals surface area (Å²) in [7, 11) is 0. The summed E-state index contributed by atoms with van der Waals surface area (Å²) in [6.45, 7) is 2.12. The minimum atomic E-state index is 0.164. The molecular weight excluding hydrogens is 348 g/mol. The van der Waals surface area contributed by atoms with E-state index in [1.807, 2.05) is 30.5 Å². The van der Waals surface area contributed by atoms with Gasteiger partial charge in [0.25, 0.3) is 0 Å². The second-order valence-corrected chi connectivity index (χ2v) is 7.25. The molecule has 0 radical (unpaired) electrons. The summed E-state index contributed by atoms with van der Waals surface area (Å²) in [5.41, 5.74) is 4.19. The van der Waals surface area contributed by atoms with E-state index in [2.05, 4.69) is 58.6 Å². The van der Waals surface area contributed by atoms with E-state index in [1.165, 1.54) is 29.5 Å². The minimum absolute atomic E-state index is 0.164. The molecular formula is C23H20N4O. The normalized spacial score (nSPS) is 14.6. The number of hydrogen-bond acceptors (Lipinski definition) is 4. The zero-order valence-corrected chi connectivity index (χ0v) is 15.6. The number of rotatable bonds is 5. The van der Waals surface area contributed by atoms with Crippen LogP contribution in [0.4, 0.5) is 0 Å². The van der Waals surface area contributed by atoms with E-state index in [9.17, 15) is 0 Å². The molecule has 5 nitrogen and oxygen atoms in total. The van der Waals surface area contributed by atoms with E-state index in [1.54, 1.807) is 16.9 Å². The number of ether oxygens (including phenoxy) is 1. The molecule has 2 heterocycles. The lowest BCUT2D eigenvalue weighted by molar-refractivity contribution is 0.454. The lowest BCUT2D eigenvalue weighted by atomic mass is 9.88. The van der Waals surface area contributed by atoms with Crippen LogP contribution in [0.2, 0.25) is 0 Å². The summed E-state index contributed by atoms with van der Waals surface area (Å²) in [4.78, 5) is 0. The van der Waals surface area contributed by atoms with E-state index in [4.69, 9.17) is 4.74 Å². The number of aromatic nitrogens is 4. The molecule has 0 aliphatic heterocycles. The number of aryl methyl sites for hydroxylation is 1. The molecule has 0 atom stereocenters. The summed E-state index contributed by atoms with van der Waals surface area (Å²) in [5, 5.41) is 12.4. The third-order valence-corrected chi connectivity index (χ3v) is 5.35. The zero-order chi connectivity index (χ0) is 19.0. The average molecular weight is 368 g/mol. The molecule has 0 bridgehead atoms. The van der Waals surface area contributed by atoms with Crippen LogP contribution in [0.25, 0.3) is 5.82 Å². The number of nitrogens with zero attached hydrogens (tertiary/aromatic N) is 4. The first-order valence-electron chi connectivity index (χ1n) is 9.42. The molecule has 138 valence electrons. The van der Waals surface area contributed by atoms with Crippen LogP contribution in [0.3, 0.4) is 0 Å². The molecule has 0 spiro atoms. The van der Waals surface area contributed by atoms with Crippen molar-refractivity contribution in [2.24, 2.45) is 0 Å². The van der Waals surface area contributed by atoms with Gasteiger partial charge in [0.2, 0.25) is 5.88 Å². The van der Waals surface area contributed by atoms with E-state index in [0.29, 0.717) is 11.7 Å². The highest BCUT2D eigenvalue weighted by atomic mass is 16.5. The second kappa shape index (κ2) is 6.60. The fourth-order valence-corrected chi connectivity index (χ4v) is 3.60. The first-order valence-corrected chi connectivity index (χ1v) is 9.42. The summed E-state index contributed by atoms with van der Waals surface area (Å²) in [5.74, 6) is 1.87. The van der Waals surface area contributed by atoms with Crippen molar-refractivity contribution in [1.82, 2.24) is 20.0 Å². The summed E-state index contributed by atoms with van der Waals surface area (Å²) < 4.78 is 7.52. The van der Waals surface area contributed by atoms with Crippen LogP contribution in [-0.4, -0.2) is 20.0 Å². The number of hydrogen-bond donors (Lipinski definition) is 0. The molecule has 4 aromatic rings. The predicted molar refractivity (Wildman–Crippen MR) is 107 cm³/mol. The highest BCUT2D eigenvalue weighted by Crippen LogP contribution is 2.53. The molecule has 5 rings (SSSR count). The molecule has 1 saturated carbocycles. The van der Waals surface area contributed by atoms with Gasteiger partial charge >= 0.3 is 0 Å². The summed E-state index contributed by atoms with van der Waals surface area (Å²) >= 11 is 0. The van der Waals surface area contributed by atoms with Gasteiger partial charge in [0.1, 0.15) is 5.75 Å². The lowest BCUT2D eigenvalue weighted by Crippen LogP contribution is -2.08. The maximum atomic E-state index is 5.86. The van der Waals surface area contributed by atoms with E-state index in [0.717, 1.165) is 5.75 Å². The van der Waals surface area contributed by atoms with Crippen LogP contribution in [0.1, 0.15) is 29.5 Å². The fourth-order valence-electron chi connectivity index (χ4n) is 3.60. The molecule has 0 unspecified atom stereocenters. The molecule has 2 aromatic carbocycles. The van der Waals surface area contributed by atoms with Crippen molar-refractivity contribution in [3.05, 3.63) is 95.8 Å². The summed E-state index contributed by atoms with van der Waals surface area (Å²) in [6, 6.07) is 22.7. The Labute approximate surface area is 163 Å². The molecule has 1 aliphatic carbocycles.